The van der Waals surface area contributed by atoms with Crippen LogP contribution < -0.4 is 15.4 Å². The normalized spacial score (nSPS) is 12.3. The third-order valence-corrected chi connectivity index (χ3v) is 4.05. The van der Waals surface area contributed by atoms with Crippen molar-refractivity contribution in [2.75, 3.05) is 10.6 Å². The lowest BCUT2D eigenvalue weighted by molar-refractivity contribution is -0.274. The minimum Gasteiger partial charge on any atom is -0.404 e. The van der Waals surface area contributed by atoms with Crippen molar-refractivity contribution >= 4 is 17.5 Å². The second kappa shape index (κ2) is 8.76. The zero-order chi connectivity index (χ0) is 20.9. The van der Waals surface area contributed by atoms with E-state index in [9.17, 15) is 13.2 Å². The van der Waals surface area contributed by atoms with E-state index >= 15 is 0 Å². The van der Waals surface area contributed by atoms with Crippen LogP contribution in [0.4, 0.5) is 30.6 Å². The van der Waals surface area contributed by atoms with Crippen LogP contribution in [0.3, 0.4) is 0 Å². The summed E-state index contributed by atoms with van der Waals surface area (Å²) in [6, 6.07) is 11.2. The van der Waals surface area contributed by atoms with E-state index in [0.717, 1.165) is 12.0 Å². The molecular formula is C20H20F3N5O. The lowest BCUT2D eigenvalue weighted by Crippen LogP contribution is -2.18. The molecule has 29 heavy (non-hydrogen) atoms. The summed E-state index contributed by atoms with van der Waals surface area (Å²) in [4.78, 5) is 13.0. The average molecular weight is 403 g/mol. The number of hydrogen-bond donors (Lipinski definition) is 2. The number of benzene rings is 1. The third-order valence-electron chi connectivity index (χ3n) is 4.05. The number of hydrogen-bond acceptors (Lipinski definition) is 6. The quantitative estimate of drug-likeness (QED) is 0.551. The molecule has 0 saturated carbocycles. The first-order chi connectivity index (χ1) is 13.8. The van der Waals surface area contributed by atoms with E-state index < -0.39 is 6.36 Å². The van der Waals surface area contributed by atoms with Crippen LogP contribution in [0.15, 0.2) is 54.9 Å². The highest BCUT2D eigenvalue weighted by atomic mass is 19.4. The van der Waals surface area contributed by atoms with Crippen molar-refractivity contribution < 1.29 is 17.9 Å². The van der Waals surface area contributed by atoms with Gasteiger partial charge in [0, 0.05) is 30.1 Å². The van der Waals surface area contributed by atoms with Gasteiger partial charge in [0.05, 0.1) is 11.4 Å². The standard InChI is InChI=1S/C20H20F3N5O/c1-3-13(2)25-19-27-16(14-7-6-10-24-12-14)11-18(28-19)26-15-8-4-5-9-17(15)29-20(21,22)23/h4-13H,3H2,1-2H3,(H2,25,26,27,28)/t13-/m0/s1. The SMILES string of the molecule is CC[C@H](C)Nc1nc(Nc2ccccc2OC(F)(F)F)cc(-c2cccnc2)n1. The number of nitrogens with zero attached hydrogens (tertiary/aromatic N) is 3. The molecule has 3 aromatic rings. The van der Waals surface area contributed by atoms with E-state index in [1.54, 1.807) is 30.6 Å². The number of anilines is 3. The maximum absolute atomic E-state index is 12.7. The zero-order valence-electron chi connectivity index (χ0n) is 15.9. The summed E-state index contributed by atoms with van der Waals surface area (Å²) >= 11 is 0. The number of nitrogens with one attached hydrogen (secondary N) is 2. The maximum atomic E-state index is 12.7. The molecule has 0 saturated heterocycles. The number of halogens is 3. The molecule has 2 N–H and O–H groups in total. The molecule has 6 nitrogen and oxygen atoms in total. The highest BCUT2D eigenvalue weighted by molar-refractivity contribution is 5.69. The van der Waals surface area contributed by atoms with Gasteiger partial charge in [0.25, 0.3) is 0 Å². The van der Waals surface area contributed by atoms with Crippen LogP contribution in [0, 0.1) is 0 Å². The minimum absolute atomic E-state index is 0.118. The van der Waals surface area contributed by atoms with Crippen molar-refractivity contribution in [1.82, 2.24) is 15.0 Å². The minimum atomic E-state index is -4.80. The molecule has 1 atom stereocenters. The van der Waals surface area contributed by atoms with Crippen LogP contribution in [0.1, 0.15) is 20.3 Å². The van der Waals surface area contributed by atoms with Gasteiger partial charge < -0.3 is 15.4 Å². The summed E-state index contributed by atoms with van der Waals surface area (Å²) in [7, 11) is 0. The van der Waals surface area contributed by atoms with Crippen LogP contribution in [0.2, 0.25) is 0 Å². The van der Waals surface area contributed by atoms with Crippen LogP contribution in [0.25, 0.3) is 11.3 Å². The summed E-state index contributed by atoms with van der Waals surface area (Å²) in [5.74, 6) is 0.332. The predicted octanol–water partition coefficient (Wildman–Crippen LogP) is 5.39. The van der Waals surface area contributed by atoms with Gasteiger partial charge in [-0.3, -0.25) is 4.98 Å². The second-order valence-corrected chi connectivity index (χ2v) is 6.33. The van der Waals surface area contributed by atoms with E-state index in [2.05, 4.69) is 30.3 Å². The first-order valence-electron chi connectivity index (χ1n) is 9.02. The van der Waals surface area contributed by atoms with Crippen molar-refractivity contribution in [2.24, 2.45) is 0 Å². The fourth-order valence-corrected chi connectivity index (χ4v) is 2.48. The molecule has 0 aliphatic carbocycles. The van der Waals surface area contributed by atoms with Gasteiger partial charge in [-0.25, -0.2) is 4.98 Å². The number of aromatic nitrogens is 3. The van der Waals surface area contributed by atoms with Crippen LogP contribution in [-0.2, 0) is 0 Å². The molecule has 152 valence electrons. The van der Waals surface area contributed by atoms with Gasteiger partial charge in [-0.15, -0.1) is 13.2 Å². The monoisotopic (exact) mass is 403 g/mol. The maximum Gasteiger partial charge on any atom is 0.573 e. The first-order valence-corrected chi connectivity index (χ1v) is 9.02. The van der Waals surface area contributed by atoms with Gasteiger partial charge in [0.1, 0.15) is 5.82 Å². The Balaban J connectivity index is 1.98. The van der Waals surface area contributed by atoms with Crippen molar-refractivity contribution in [2.45, 2.75) is 32.7 Å². The molecule has 2 aromatic heterocycles. The number of pyridine rings is 1. The number of para-hydroxylation sites is 2. The van der Waals surface area contributed by atoms with E-state index in [1.165, 1.54) is 18.2 Å². The van der Waals surface area contributed by atoms with Gasteiger partial charge in [-0.1, -0.05) is 19.1 Å². The smallest absolute Gasteiger partial charge is 0.404 e. The van der Waals surface area contributed by atoms with E-state index in [-0.39, 0.29) is 17.5 Å². The van der Waals surface area contributed by atoms with Gasteiger partial charge in [0.2, 0.25) is 5.95 Å². The van der Waals surface area contributed by atoms with Crippen LogP contribution in [-0.4, -0.2) is 27.4 Å². The fraction of sp³-hybridized carbons (Fsp3) is 0.250. The molecule has 0 radical (unpaired) electrons. The van der Waals surface area contributed by atoms with Gasteiger partial charge >= 0.3 is 6.36 Å². The predicted molar refractivity (Wildman–Crippen MR) is 105 cm³/mol. The number of ether oxygens (including phenoxy) is 1. The molecule has 0 spiro atoms. The Morgan fingerprint density at radius 3 is 2.59 bits per heavy atom. The van der Waals surface area contributed by atoms with Crippen LogP contribution >= 0.6 is 0 Å². The Labute approximate surface area is 166 Å². The fourth-order valence-electron chi connectivity index (χ4n) is 2.48. The Kier molecular flexibility index (Phi) is 6.16. The second-order valence-electron chi connectivity index (χ2n) is 6.33. The molecule has 2 heterocycles. The summed E-state index contributed by atoms with van der Waals surface area (Å²) in [6.07, 6.45) is -0.647. The highest BCUT2D eigenvalue weighted by Crippen LogP contribution is 2.32. The molecule has 0 amide bonds. The van der Waals surface area contributed by atoms with Gasteiger partial charge in [0.15, 0.2) is 5.75 Å². The highest BCUT2D eigenvalue weighted by Gasteiger charge is 2.32. The topological polar surface area (TPSA) is 72.0 Å². The zero-order valence-corrected chi connectivity index (χ0v) is 15.9. The molecule has 3 rings (SSSR count). The molecule has 0 fully saturated rings. The summed E-state index contributed by atoms with van der Waals surface area (Å²) in [5, 5.41) is 6.09. The molecule has 9 heteroatoms. The lowest BCUT2D eigenvalue weighted by atomic mass is 10.2. The Morgan fingerprint density at radius 2 is 1.90 bits per heavy atom. The van der Waals surface area contributed by atoms with E-state index in [1.807, 2.05) is 19.9 Å². The summed E-state index contributed by atoms with van der Waals surface area (Å²) < 4.78 is 42.2. The van der Waals surface area contributed by atoms with E-state index in [4.69, 9.17) is 0 Å². The molecule has 1 aromatic carbocycles. The summed E-state index contributed by atoms with van der Waals surface area (Å²) in [5.41, 5.74) is 1.47. The summed E-state index contributed by atoms with van der Waals surface area (Å²) in [6.45, 7) is 4.01. The van der Waals surface area contributed by atoms with Gasteiger partial charge in [-0.05, 0) is 37.6 Å². The Hall–Kier alpha value is -3.36. The first kappa shape index (κ1) is 20.4. The Morgan fingerprint density at radius 1 is 1.10 bits per heavy atom. The molecule has 0 aliphatic heterocycles. The molecule has 0 unspecified atom stereocenters. The largest absolute Gasteiger partial charge is 0.573 e. The average Bonchev–Trinajstić information content (AvgIpc) is 2.69. The molecule has 0 bridgehead atoms. The van der Waals surface area contributed by atoms with Crippen molar-refractivity contribution in [3.63, 3.8) is 0 Å². The van der Waals surface area contributed by atoms with Crippen molar-refractivity contribution in [3.05, 3.63) is 54.9 Å². The Bertz CT molecular complexity index is 950. The molecular weight excluding hydrogens is 383 g/mol. The van der Waals surface area contributed by atoms with Crippen molar-refractivity contribution in [3.8, 4) is 17.0 Å². The van der Waals surface area contributed by atoms with Gasteiger partial charge in [-0.2, -0.15) is 4.98 Å². The van der Waals surface area contributed by atoms with Crippen molar-refractivity contribution in [1.29, 1.82) is 0 Å². The van der Waals surface area contributed by atoms with E-state index in [0.29, 0.717) is 17.5 Å². The number of alkyl halides is 3. The van der Waals surface area contributed by atoms with Crippen LogP contribution in [0.5, 0.6) is 5.75 Å². The number of rotatable bonds is 7. The third kappa shape index (κ3) is 5.81. The molecule has 0 aliphatic rings. The lowest BCUT2D eigenvalue weighted by Gasteiger charge is -2.16.